The third kappa shape index (κ3) is 5.95. The van der Waals surface area contributed by atoms with Crippen LogP contribution in [0.2, 0.25) is 5.02 Å². The second-order valence-electron chi connectivity index (χ2n) is 6.72. The third-order valence-electron chi connectivity index (χ3n) is 4.54. The highest BCUT2D eigenvalue weighted by Crippen LogP contribution is 2.30. The molecule has 0 saturated heterocycles. The van der Waals surface area contributed by atoms with Gasteiger partial charge in [0.2, 0.25) is 5.88 Å². The van der Waals surface area contributed by atoms with E-state index in [9.17, 15) is 17.4 Å². The fraction of sp³-hybridized carbons (Fsp3) is 0.286. The van der Waals surface area contributed by atoms with Crippen molar-refractivity contribution in [1.82, 2.24) is 15.0 Å². The number of alkyl halides is 3. The van der Waals surface area contributed by atoms with Crippen molar-refractivity contribution in [3.63, 3.8) is 0 Å². The number of hydrogen-bond acceptors (Lipinski definition) is 5. The predicted octanol–water partition coefficient (Wildman–Crippen LogP) is 5.24. The lowest BCUT2D eigenvalue weighted by molar-refractivity contribution is -0.137. The first kappa shape index (κ1) is 23.9. The fourth-order valence-corrected chi connectivity index (χ4v) is 3.97. The molecule has 3 aromatic rings. The molecule has 0 aliphatic carbocycles. The molecule has 170 valence electrons. The standard InChI is InChI=1S/C21H20ClF3N4O2S/c1-3-17-19(22)20(28-13-27-17)29(32(2)30)11-10-14-4-7-16(8-5-14)31-18-9-6-15(12-26-18)21(23,24)25/h4-9,12-13H,3,10-11H2,1-2H3. The van der Waals surface area contributed by atoms with Crippen LogP contribution in [0.4, 0.5) is 19.0 Å². The van der Waals surface area contributed by atoms with Gasteiger partial charge in [-0.25, -0.2) is 19.2 Å². The van der Waals surface area contributed by atoms with E-state index in [1.165, 1.54) is 12.4 Å². The molecule has 32 heavy (non-hydrogen) atoms. The van der Waals surface area contributed by atoms with Crippen molar-refractivity contribution in [3.8, 4) is 11.6 Å². The minimum atomic E-state index is -4.45. The molecule has 11 heteroatoms. The van der Waals surface area contributed by atoms with E-state index in [1.54, 1.807) is 22.7 Å². The maximum absolute atomic E-state index is 12.6. The summed E-state index contributed by atoms with van der Waals surface area (Å²) in [5.74, 6) is 0.916. The van der Waals surface area contributed by atoms with Gasteiger partial charge in [0.1, 0.15) is 28.1 Å². The number of aromatic nitrogens is 3. The van der Waals surface area contributed by atoms with Crippen LogP contribution in [0.3, 0.4) is 0 Å². The lowest BCUT2D eigenvalue weighted by Gasteiger charge is -2.22. The molecule has 0 aliphatic rings. The van der Waals surface area contributed by atoms with Crippen molar-refractivity contribution >= 4 is 28.4 Å². The van der Waals surface area contributed by atoms with Crippen LogP contribution in [0.5, 0.6) is 11.6 Å². The second-order valence-corrected chi connectivity index (χ2v) is 8.38. The first-order chi connectivity index (χ1) is 15.2. The number of hydrogen-bond donors (Lipinski definition) is 0. The molecule has 0 spiro atoms. The lowest BCUT2D eigenvalue weighted by Crippen LogP contribution is -2.28. The first-order valence-electron chi connectivity index (χ1n) is 9.59. The number of anilines is 1. The Morgan fingerprint density at radius 2 is 1.81 bits per heavy atom. The topological polar surface area (TPSA) is 68.2 Å². The molecule has 0 radical (unpaired) electrons. The van der Waals surface area contributed by atoms with Crippen molar-refractivity contribution in [1.29, 1.82) is 0 Å². The van der Waals surface area contributed by atoms with E-state index in [4.69, 9.17) is 16.3 Å². The van der Waals surface area contributed by atoms with Gasteiger partial charge in [0.05, 0.1) is 11.3 Å². The number of aryl methyl sites for hydroxylation is 1. The summed E-state index contributed by atoms with van der Waals surface area (Å²) in [5.41, 5.74) is 0.785. The van der Waals surface area contributed by atoms with Crippen LogP contribution in [-0.2, 0) is 30.0 Å². The van der Waals surface area contributed by atoms with Crippen LogP contribution in [0, 0.1) is 0 Å². The summed E-state index contributed by atoms with van der Waals surface area (Å²) in [5, 5.41) is 0.387. The van der Waals surface area contributed by atoms with Crippen molar-refractivity contribution < 1.29 is 22.1 Å². The van der Waals surface area contributed by atoms with E-state index in [2.05, 4.69) is 15.0 Å². The quantitative estimate of drug-likeness (QED) is 0.437. The van der Waals surface area contributed by atoms with Crippen LogP contribution < -0.4 is 9.04 Å². The summed E-state index contributed by atoms with van der Waals surface area (Å²) in [4.78, 5) is 12.0. The molecular weight excluding hydrogens is 465 g/mol. The third-order valence-corrected chi connectivity index (χ3v) is 5.90. The Kier molecular flexibility index (Phi) is 7.68. The van der Waals surface area contributed by atoms with E-state index in [-0.39, 0.29) is 5.88 Å². The summed E-state index contributed by atoms with van der Waals surface area (Å²) in [7, 11) is -1.34. The van der Waals surface area contributed by atoms with Gasteiger partial charge in [-0.2, -0.15) is 13.2 Å². The zero-order chi connectivity index (χ0) is 23.3. The predicted molar refractivity (Wildman–Crippen MR) is 117 cm³/mol. The highest BCUT2D eigenvalue weighted by molar-refractivity contribution is 7.85. The number of halogens is 4. The Hall–Kier alpha value is -2.72. The van der Waals surface area contributed by atoms with E-state index in [0.29, 0.717) is 41.7 Å². The van der Waals surface area contributed by atoms with Gasteiger partial charge in [-0.05, 0) is 36.6 Å². The Morgan fingerprint density at radius 1 is 1.09 bits per heavy atom. The highest BCUT2D eigenvalue weighted by atomic mass is 35.5. The minimum absolute atomic E-state index is 0.0587. The molecule has 0 N–H and O–H groups in total. The van der Waals surface area contributed by atoms with Crippen molar-refractivity contribution in [2.45, 2.75) is 25.9 Å². The van der Waals surface area contributed by atoms with Gasteiger partial charge in [0.25, 0.3) is 0 Å². The average molecular weight is 485 g/mol. The molecule has 1 aromatic carbocycles. The molecule has 0 bridgehead atoms. The number of pyridine rings is 1. The zero-order valence-corrected chi connectivity index (χ0v) is 18.8. The molecule has 1 atom stereocenters. The Balaban J connectivity index is 1.65. The number of rotatable bonds is 8. The minimum Gasteiger partial charge on any atom is -0.439 e. The normalized spacial score (nSPS) is 12.4. The molecule has 2 aromatic heterocycles. The lowest BCUT2D eigenvalue weighted by atomic mass is 10.1. The number of nitrogens with zero attached hydrogens (tertiary/aromatic N) is 4. The SMILES string of the molecule is CCc1ncnc(N(CCc2ccc(Oc3ccc(C(F)(F)F)cn3)cc2)S(C)=O)c1Cl. The number of benzene rings is 1. The zero-order valence-electron chi connectivity index (χ0n) is 17.3. The van der Waals surface area contributed by atoms with Crippen LogP contribution >= 0.6 is 11.6 Å². The Labute approximate surface area is 191 Å². The van der Waals surface area contributed by atoms with Gasteiger partial charge in [-0.15, -0.1) is 0 Å². The van der Waals surface area contributed by atoms with Crippen molar-refractivity contribution in [2.24, 2.45) is 0 Å². The van der Waals surface area contributed by atoms with E-state index < -0.39 is 22.7 Å². The van der Waals surface area contributed by atoms with Gasteiger partial charge in [0.15, 0.2) is 5.82 Å². The molecule has 6 nitrogen and oxygen atoms in total. The fourth-order valence-electron chi connectivity index (χ4n) is 2.86. The molecule has 2 heterocycles. The van der Waals surface area contributed by atoms with Gasteiger partial charge in [-0.1, -0.05) is 30.7 Å². The van der Waals surface area contributed by atoms with E-state index in [1.807, 2.05) is 19.1 Å². The molecule has 1 unspecified atom stereocenters. The molecular formula is C21H20ClF3N4O2S. The van der Waals surface area contributed by atoms with Gasteiger partial charge in [-0.3, -0.25) is 4.31 Å². The molecule has 3 rings (SSSR count). The van der Waals surface area contributed by atoms with Crippen LogP contribution in [-0.4, -0.2) is 32.0 Å². The van der Waals surface area contributed by atoms with E-state index >= 15 is 0 Å². The molecule has 0 saturated carbocycles. The van der Waals surface area contributed by atoms with Gasteiger partial charge < -0.3 is 4.74 Å². The summed E-state index contributed by atoms with van der Waals surface area (Å²) >= 11 is 6.38. The summed E-state index contributed by atoms with van der Waals surface area (Å²) in [6.07, 6.45) is 0.427. The van der Waals surface area contributed by atoms with E-state index in [0.717, 1.165) is 17.8 Å². The van der Waals surface area contributed by atoms with Crippen LogP contribution in [0.1, 0.15) is 23.7 Å². The first-order valence-corrected chi connectivity index (χ1v) is 11.5. The smallest absolute Gasteiger partial charge is 0.417 e. The van der Waals surface area contributed by atoms with Crippen LogP contribution in [0.25, 0.3) is 0 Å². The molecule has 0 fully saturated rings. The Morgan fingerprint density at radius 3 is 2.38 bits per heavy atom. The number of ether oxygens (including phenoxy) is 1. The Bertz CT molecular complexity index is 1080. The average Bonchev–Trinajstić information content (AvgIpc) is 2.75. The monoisotopic (exact) mass is 484 g/mol. The maximum atomic E-state index is 12.6. The molecule has 0 amide bonds. The summed E-state index contributed by atoms with van der Waals surface area (Å²) in [6, 6.07) is 9.09. The summed E-state index contributed by atoms with van der Waals surface area (Å²) in [6.45, 7) is 2.33. The van der Waals surface area contributed by atoms with Gasteiger partial charge in [0, 0.05) is 25.1 Å². The van der Waals surface area contributed by atoms with Gasteiger partial charge >= 0.3 is 6.18 Å². The maximum Gasteiger partial charge on any atom is 0.417 e. The largest absolute Gasteiger partial charge is 0.439 e. The molecule has 0 aliphatic heterocycles. The highest BCUT2D eigenvalue weighted by Gasteiger charge is 2.30. The summed E-state index contributed by atoms with van der Waals surface area (Å²) < 4.78 is 57.3. The second kappa shape index (κ2) is 10.3. The van der Waals surface area contributed by atoms with Crippen LogP contribution in [0.15, 0.2) is 48.9 Å². The van der Waals surface area contributed by atoms with Crippen molar-refractivity contribution in [3.05, 3.63) is 70.8 Å². The van der Waals surface area contributed by atoms with Crippen molar-refractivity contribution in [2.75, 3.05) is 17.1 Å².